The predicted molar refractivity (Wildman–Crippen MR) is 194 cm³/mol. The molecule has 0 fully saturated rings. The van der Waals surface area contributed by atoms with Crippen molar-refractivity contribution in [2.75, 3.05) is 41.0 Å². The van der Waals surface area contributed by atoms with Crippen LogP contribution in [0.15, 0.2) is 36.5 Å². The number of quaternary nitrogens is 1. The van der Waals surface area contributed by atoms with E-state index in [0.717, 1.165) is 44.9 Å². The number of carbonyl (C=O) groups is 3. The number of hydrogen-bond donors (Lipinski definition) is 0. The molecule has 0 aromatic rings. The van der Waals surface area contributed by atoms with Crippen LogP contribution in [0.2, 0.25) is 0 Å². The number of esters is 2. The summed E-state index contributed by atoms with van der Waals surface area (Å²) in [5.41, 5.74) is 0. The molecular formula is C40H71NO7. The molecular weight excluding hydrogens is 606 g/mol. The van der Waals surface area contributed by atoms with Gasteiger partial charge in [0, 0.05) is 19.3 Å². The SMILES string of the molecule is CCCCC/C=C/C/C=C/CCCCCCCCCC(=O)OCC(COCCC(C(=O)[O-])[N+](C)(C)C)OC(=O)CC/C=C/CCCCC. The third-order valence-electron chi connectivity index (χ3n) is 8.26. The van der Waals surface area contributed by atoms with Crippen LogP contribution in [-0.4, -0.2) is 75.5 Å². The molecule has 8 heteroatoms. The normalized spacial score (nSPS) is 13.4. The quantitative estimate of drug-likeness (QED) is 0.0299. The molecule has 0 N–H and O–H groups in total. The first-order valence-corrected chi connectivity index (χ1v) is 19.0. The fraction of sp³-hybridized carbons (Fsp3) is 0.775. The first kappa shape index (κ1) is 45.6. The standard InChI is InChI=1S/C40H71NO7/c1-6-8-10-12-14-15-16-17-18-19-20-21-22-23-25-26-28-30-38(42)47-35-36(34-46-33-32-37(40(44)45)41(3,4)5)48-39(43)31-29-27-24-13-11-9-7-2/h14-15,17-18,24,27,36-37H,6-13,16,19-23,25-26,28-35H2,1-5H3/b15-14+,18-17+,27-24+. The van der Waals surface area contributed by atoms with E-state index in [-0.39, 0.29) is 49.1 Å². The van der Waals surface area contributed by atoms with Crippen molar-refractivity contribution in [2.24, 2.45) is 0 Å². The molecule has 0 rings (SSSR count). The summed E-state index contributed by atoms with van der Waals surface area (Å²) < 4.78 is 17.0. The summed E-state index contributed by atoms with van der Waals surface area (Å²) in [5, 5.41) is 11.5. The van der Waals surface area contributed by atoms with Gasteiger partial charge in [-0.3, -0.25) is 9.59 Å². The van der Waals surface area contributed by atoms with E-state index in [9.17, 15) is 19.5 Å². The van der Waals surface area contributed by atoms with Crippen LogP contribution >= 0.6 is 0 Å². The number of nitrogens with zero attached hydrogens (tertiary/aromatic N) is 1. The monoisotopic (exact) mass is 678 g/mol. The van der Waals surface area contributed by atoms with Gasteiger partial charge in [-0.05, 0) is 57.8 Å². The minimum atomic E-state index is -1.13. The lowest BCUT2D eigenvalue weighted by atomic mass is 10.1. The second-order valence-corrected chi connectivity index (χ2v) is 13.8. The number of unbranched alkanes of at least 4 members (excludes halogenated alkanes) is 13. The second-order valence-electron chi connectivity index (χ2n) is 13.8. The Morgan fingerprint density at radius 1 is 0.625 bits per heavy atom. The smallest absolute Gasteiger partial charge is 0.306 e. The van der Waals surface area contributed by atoms with Crippen molar-refractivity contribution in [3.05, 3.63) is 36.5 Å². The Bertz CT molecular complexity index is 891. The zero-order valence-corrected chi connectivity index (χ0v) is 31.4. The molecule has 0 aromatic heterocycles. The minimum absolute atomic E-state index is 0.0226. The van der Waals surface area contributed by atoms with Crippen LogP contribution in [0.4, 0.5) is 0 Å². The highest BCUT2D eigenvalue weighted by Gasteiger charge is 2.25. The van der Waals surface area contributed by atoms with E-state index in [1.807, 2.05) is 6.08 Å². The molecule has 0 aromatic carbocycles. The molecule has 0 aliphatic carbocycles. The third kappa shape index (κ3) is 29.7. The molecule has 8 nitrogen and oxygen atoms in total. The largest absolute Gasteiger partial charge is 0.544 e. The van der Waals surface area contributed by atoms with Crippen LogP contribution in [0.5, 0.6) is 0 Å². The molecule has 0 bridgehead atoms. The van der Waals surface area contributed by atoms with Crippen LogP contribution in [0, 0.1) is 0 Å². The van der Waals surface area contributed by atoms with Gasteiger partial charge in [0.15, 0.2) is 6.10 Å². The van der Waals surface area contributed by atoms with Gasteiger partial charge in [-0.15, -0.1) is 0 Å². The maximum absolute atomic E-state index is 12.5. The third-order valence-corrected chi connectivity index (χ3v) is 8.26. The number of hydrogen-bond acceptors (Lipinski definition) is 7. The molecule has 0 radical (unpaired) electrons. The first-order valence-electron chi connectivity index (χ1n) is 19.0. The van der Waals surface area contributed by atoms with Crippen molar-refractivity contribution in [3.63, 3.8) is 0 Å². The molecule has 48 heavy (non-hydrogen) atoms. The lowest BCUT2D eigenvalue weighted by Gasteiger charge is -2.34. The number of carboxylic acid groups (broad SMARTS) is 1. The molecule has 0 saturated carbocycles. The number of aliphatic carboxylic acids is 1. The highest BCUT2D eigenvalue weighted by molar-refractivity contribution is 5.70. The molecule has 278 valence electrons. The van der Waals surface area contributed by atoms with E-state index in [4.69, 9.17) is 14.2 Å². The molecule has 0 spiro atoms. The van der Waals surface area contributed by atoms with E-state index in [2.05, 4.69) is 44.2 Å². The average Bonchev–Trinajstić information content (AvgIpc) is 3.03. The molecule has 2 atom stereocenters. The van der Waals surface area contributed by atoms with Gasteiger partial charge in [0.25, 0.3) is 0 Å². The second kappa shape index (κ2) is 31.8. The summed E-state index contributed by atoms with van der Waals surface area (Å²) in [6.07, 6.45) is 33.4. The average molecular weight is 678 g/mol. The maximum Gasteiger partial charge on any atom is 0.306 e. The van der Waals surface area contributed by atoms with Crippen molar-refractivity contribution in [3.8, 4) is 0 Å². The number of carboxylic acids is 1. The van der Waals surface area contributed by atoms with E-state index in [1.165, 1.54) is 64.2 Å². The molecule has 0 amide bonds. The Morgan fingerprint density at radius 2 is 1.15 bits per heavy atom. The van der Waals surface area contributed by atoms with E-state index < -0.39 is 18.1 Å². The van der Waals surface area contributed by atoms with Crippen molar-refractivity contribution in [1.82, 2.24) is 0 Å². The minimum Gasteiger partial charge on any atom is -0.544 e. The lowest BCUT2D eigenvalue weighted by Crippen LogP contribution is -2.55. The fourth-order valence-corrected chi connectivity index (χ4v) is 5.23. The highest BCUT2D eigenvalue weighted by atomic mass is 16.6. The Kier molecular flexibility index (Phi) is 30.2. The number of likely N-dealkylation sites (N-methyl/N-ethyl adjacent to an activating group) is 1. The fourth-order valence-electron chi connectivity index (χ4n) is 5.23. The number of carbonyl (C=O) groups excluding carboxylic acids is 3. The summed E-state index contributed by atoms with van der Waals surface area (Å²) in [7, 11) is 5.37. The van der Waals surface area contributed by atoms with Crippen LogP contribution in [-0.2, 0) is 28.6 Å². The van der Waals surface area contributed by atoms with E-state index in [1.54, 1.807) is 21.1 Å². The van der Waals surface area contributed by atoms with Crippen molar-refractivity contribution >= 4 is 17.9 Å². The van der Waals surface area contributed by atoms with Gasteiger partial charge in [0.1, 0.15) is 12.6 Å². The summed E-state index contributed by atoms with van der Waals surface area (Å²) in [4.78, 5) is 36.5. The predicted octanol–water partition coefficient (Wildman–Crippen LogP) is 8.18. The zero-order chi connectivity index (χ0) is 35.7. The molecule has 0 aliphatic rings. The lowest BCUT2D eigenvalue weighted by molar-refractivity contribution is -0.889. The van der Waals surface area contributed by atoms with E-state index >= 15 is 0 Å². The summed E-state index contributed by atoms with van der Waals surface area (Å²) >= 11 is 0. The molecule has 0 saturated heterocycles. The van der Waals surface area contributed by atoms with Crippen molar-refractivity contribution in [2.45, 2.75) is 161 Å². The summed E-state index contributed by atoms with van der Waals surface area (Å²) in [6.45, 7) is 4.50. The maximum atomic E-state index is 12.5. The van der Waals surface area contributed by atoms with Gasteiger partial charge in [0.05, 0.1) is 40.3 Å². The van der Waals surface area contributed by atoms with Gasteiger partial charge in [0.2, 0.25) is 0 Å². The summed E-state index contributed by atoms with van der Waals surface area (Å²) in [5.74, 6) is -1.82. The van der Waals surface area contributed by atoms with Crippen molar-refractivity contribution in [1.29, 1.82) is 0 Å². The van der Waals surface area contributed by atoms with Gasteiger partial charge < -0.3 is 28.6 Å². The Balaban J connectivity index is 4.33. The Hall–Kier alpha value is -2.45. The Labute approximate surface area is 293 Å². The molecule has 0 aliphatic heterocycles. The van der Waals surface area contributed by atoms with Gasteiger partial charge in [-0.2, -0.15) is 0 Å². The van der Waals surface area contributed by atoms with Gasteiger partial charge >= 0.3 is 11.9 Å². The van der Waals surface area contributed by atoms with Gasteiger partial charge in [-0.1, -0.05) is 108 Å². The summed E-state index contributed by atoms with van der Waals surface area (Å²) in [6, 6.07) is -0.729. The molecule has 0 heterocycles. The molecule has 2 unspecified atom stereocenters. The van der Waals surface area contributed by atoms with Gasteiger partial charge in [-0.25, -0.2) is 0 Å². The zero-order valence-electron chi connectivity index (χ0n) is 31.4. The number of allylic oxidation sites excluding steroid dienone is 6. The van der Waals surface area contributed by atoms with Crippen LogP contribution in [0.1, 0.15) is 149 Å². The number of rotatable bonds is 33. The topological polar surface area (TPSA) is 102 Å². The van der Waals surface area contributed by atoms with Crippen LogP contribution in [0.25, 0.3) is 0 Å². The Morgan fingerprint density at radius 3 is 1.71 bits per heavy atom. The highest BCUT2D eigenvalue weighted by Crippen LogP contribution is 2.12. The first-order chi connectivity index (χ1) is 23.1. The van der Waals surface area contributed by atoms with Crippen LogP contribution < -0.4 is 5.11 Å². The van der Waals surface area contributed by atoms with E-state index in [0.29, 0.717) is 12.8 Å². The van der Waals surface area contributed by atoms with Crippen LogP contribution in [0.3, 0.4) is 0 Å². The number of ether oxygens (including phenoxy) is 3. The van der Waals surface area contributed by atoms with Crippen molar-refractivity contribution < 1.29 is 38.2 Å².